The lowest BCUT2D eigenvalue weighted by Crippen LogP contribution is -2.39. The normalized spacial score (nSPS) is 28.1. The Morgan fingerprint density at radius 2 is 1.61 bits per heavy atom. The number of hydrogen-bond acceptors (Lipinski definition) is 10. The first-order chi connectivity index (χ1) is 25.9. The smallest absolute Gasteiger partial charge is 0.330 e. The molecular weight excluding hydrogens is 744 g/mol. The van der Waals surface area contributed by atoms with Crippen LogP contribution in [0, 0.1) is 12.8 Å². The Morgan fingerprint density at radius 1 is 1.00 bits per heavy atom. The highest BCUT2D eigenvalue weighted by molar-refractivity contribution is 8.68. The average molecular weight is 791 g/mol. The van der Waals surface area contributed by atoms with Crippen molar-refractivity contribution in [2.45, 2.75) is 81.3 Å². The van der Waals surface area contributed by atoms with Crippen molar-refractivity contribution in [3.05, 3.63) is 140 Å². The standard InChI is InChI=1S/C41H47N2O8PS2/c1-26(2)28-20-21-40(4)36(22-28)51-52(53,54-40)50-34-23-37(43-24-27(3)38(44)42-39(43)45)49-35(34)25-48-41(29-10-8-7-9-11-29,30-12-16-32(46-5)17-13-30)31-14-18-33(47-6)19-15-31/h7-19,24,28,34-37H,1,20-23,25H2,2-6H3,(H,42,44,45)/t28-,34+,35-,36+,37-,40+,52+/m1/s1. The number of benzene rings is 3. The van der Waals surface area contributed by atoms with Gasteiger partial charge in [-0.05, 0) is 98.7 Å². The van der Waals surface area contributed by atoms with E-state index in [0.717, 1.165) is 41.5 Å². The number of aryl methyl sites for hydroxylation is 1. The maximum absolute atomic E-state index is 13.2. The van der Waals surface area contributed by atoms with E-state index in [-0.39, 0.29) is 17.5 Å². The van der Waals surface area contributed by atoms with E-state index in [1.165, 1.54) is 10.8 Å². The second kappa shape index (κ2) is 15.6. The zero-order valence-corrected chi connectivity index (χ0v) is 33.7. The molecule has 13 heteroatoms. The molecule has 4 aromatic rings. The van der Waals surface area contributed by atoms with Crippen LogP contribution in [0.5, 0.6) is 11.5 Å². The van der Waals surface area contributed by atoms with Gasteiger partial charge in [-0.2, -0.15) is 0 Å². The number of H-pyrrole nitrogens is 1. The van der Waals surface area contributed by atoms with Crippen molar-refractivity contribution >= 4 is 28.9 Å². The number of ether oxygens (including phenoxy) is 4. The fourth-order valence-electron chi connectivity index (χ4n) is 7.81. The van der Waals surface area contributed by atoms with Crippen molar-refractivity contribution in [3.63, 3.8) is 0 Å². The number of allylic oxidation sites excluding steroid dienone is 1. The van der Waals surface area contributed by atoms with E-state index in [9.17, 15) is 9.59 Å². The second-order valence-electron chi connectivity index (χ2n) is 14.6. The lowest BCUT2D eigenvalue weighted by molar-refractivity contribution is -0.0917. The van der Waals surface area contributed by atoms with Crippen molar-refractivity contribution in [1.29, 1.82) is 0 Å². The third kappa shape index (κ3) is 7.54. The predicted octanol–water partition coefficient (Wildman–Crippen LogP) is 8.04. The minimum Gasteiger partial charge on any atom is -0.497 e. The van der Waals surface area contributed by atoms with Crippen LogP contribution >= 0.6 is 17.1 Å². The van der Waals surface area contributed by atoms with Gasteiger partial charge in [0.2, 0.25) is 5.69 Å². The van der Waals surface area contributed by atoms with E-state index < -0.39 is 41.0 Å². The number of nitrogens with zero attached hydrogens (tertiary/aromatic N) is 1. The van der Waals surface area contributed by atoms with E-state index in [1.54, 1.807) is 32.5 Å². The molecule has 0 bridgehead atoms. The molecule has 2 aliphatic heterocycles. The van der Waals surface area contributed by atoms with Crippen LogP contribution in [-0.2, 0) is 35.9 Å². The highest BCUT2D eigenvalue weighted by Crippen LogP contribution is 2.76. The number of hydrogen-bond donors (Lipinski definition) is 1. The molecule has 1 N–H and O–H groups in total. The second-order valence-corrected chi connectivity index (χ2v) is 21.1. The van der Waals surface area contributed by atoms with Crippen LogP contribution in [0.15, 0.2) is 107 Å². The Labute approximate surface area is 325 Å². The number of aromatic nitrogens is 2. The molecule has 0 radical (unpaired) electrons. The van der Waals surface area contributed by atoms with Crippen LogP contribution in [0.1, 0.15) is 68.0 Å². The molecule has 54 heavy (non-hydrogen) atoms. The minimum atomic E-state index is -2.88. The Hall–Kier alpha value is -3.48. The molecule has 1 aliphatic carbocycles. The molecule has 286 valence electrons. The Morgan fingerprint density at radius 3 is 2.20 bits per heavy atom. The first-order valence-electron chi connectivity index (χ1n) is 18.2. The summed E-state index contributed by atoms with van der Waals surface area (Å²) in [5.74, 6) is 1.80. The average Bonchev–Trinajstić information content (AvgIpc) is 3.69. The highest BCUT2D eigenvalue weighted by atomic mass is 32.9. The lowest BCUT2D eigenvalue weighted by atomic mass is 9.77. The summed E-state index contributed by atoms with van der Waals surface area (Å²) in [5.41, 5.74) is -0.818. The quantitative estimate of drug-likeness (QED) is 0.0861. The summed E-state index contributed by atoms with van der Waals surface area (Å²) in [6, 6.07) is 25.7. The third-order valence-corrected chi connectivity index (χ3v) is 16.8. The van der Waals surface area contributed by atoms with Crippen LogP contribution in [0.25, 0.3) is 0 Å². The summed E-state index contributed by atoms with van der Waals surface area (Å²) in [6.07, 6.45) is 2.59. The Bertz CT molecular complexity index is 2090. The molecule has 3 fully saturated rings. The molecule has 10 nitrogen and oxygen atoms in total. The van der Waals surface area contributed by atoms with Gasteiger partial charge in [-0.25, -0.2) is 4.79 Å². The van der Waals surface area contributed by atoms with Crippen LogP contribution in [0.3, 0.4) is 0 Å². The molecule has 3 aromatic carbocycles. The molecular formula is C41H47N2O8PS2. The molecule has 3 heterocycles. The zero-order valence-electron chi connectivity index (χ0n) is 31.2. The van der Waals surface area contributed by atoms with Gasteiger partial charge < -0.3 is 28.0 Å². The summed E-state index contributed by atoms with van der Waals surface area (Å²) in [6.45, 7) is 10.2. The van der Waals surface area contributed by atoms with E-state index >= 15 is 0 Å². The lowest BCUT2D eigenvalue weighted by Gasteiger charge is -2.37. The molecule has 3 aliphatic rings. The molecule has 1 aromatic heterocycles. The fourth-order valence-corrected chi connectivity index (χ4v) is 15.4. The minimum absolute atomic E-state index is 0.0584. The summed E-state index contributed by atoms with van der Waals surface area (Å²) in [7, 11) is 3.27. The van der Waals surface area contributed by atoms with Gasteiger partial charge in [-0.1, -0.05) is 78.1 Å². The van der Waals surface area contributed by atoms with Crippen molar-refractivity contribution in [2.75, 3.05) is 20.8 Å². The van der Waals surface area contributed by atoms with Crippen molar-refractivity contribution in [1.82, 2.24) is 9.55 Å². The molecule has 0 amide bonds. The van der Waals surface area contributed by atoms with E-state index in [0.29, 0.717) is 29.4 Å². The zero-order chi connectivity index (χ0) is 38.3. The molecule has 0 spiro atoms. The maximum Gasteiger partial charge on any atom is 0.330 e. The van der Waals surface area contributed by atoms with Gasteiger partial charge in [0, 0.05) is 22.9 Å². The van der Waals surface area contributed by atoms with E-state index in [4.69, 9.17) is 39.8 Å². The Kier molecular flexibility index (Phi) is 11.2. The van der Waals surface area contributed by atoms with Crippen molar-refractivity contribution < 1.29 is 28.0 Å². The van der Waals surface area contributed by atoms with Gasteiger partial charge >= 0.3 is 5.69 Å². The van der Waals surface area contributed by atoms with Crippen molar-refractivity contribution in [3.8, 4) is 11.5 Å². The van der Waals surface area contributed by atoms with Gasteiger partial charge in [0.25, 0.3) is 5.56 Å². The number of methoxy groups -OCH3 is 2. The van der Waals surface area contributed by atoms with E-state index in [1.807, 2.05) is 78.9 Å². The van der Waals surface area contributed by atoms with Crippen LogP contribution in [0.2, 0.25) is 0 Å². The van der Waals surface area contributed by atoms with Crippen LogP contribution in [-0.4, -0.2) is 53.4 Å². The summed E-state index contributed by atoms with van der Waals surface area (Å²) < 4.78 is 39.9. The first-order valence-corrected chi connectivity index (χ1v) is 22.2. The van der Waals surface area contributed by atoms with Crippen molar-refractivity contribution in [2.24, 2.45) is 5.92 Å². The third-order valence-electron chi connectivity index (χ3n) is 11.0. The fraction of sp³-hybridized carbons (Fsp3) is 0.415. The Balaban J connectivity index is 1.27. The number of aromatic amines is 1. The number of fused-ring (bicyclic) bond motifs is 1. The van der Waals surface area contributed by atoms with Crippen LogP contribution < -0.4 is 20.7 Å². The van der Waals surface area contributed by atoms with E-state index in [2.05, 4.69) is 25.4 Å². The number of nitrogens with one attached hydrogen (secondary N) is 1. The molecule has 2 saturated heterocycles. The molecule has 1 saturated carbocycles. The topological polar surface area (TPSA) is 110 Å². The van der Waals surface area contributed by atoms with Gasteiger partial charge in [0.1, 0.15) is 29.4 Å². The molecule has 0 unspecified atom stereocenters. The SMILES string of the molecule is C=C(C)[C@@H]1CC[C@]2(C)S[P@@](=S)(O[C@H]3C[C@H](n4cc(C)c(=O)[nH]c4=O)O[C@@H]3COC(c3ccccc3)(c3ccc(OC)cc3)c3ccc(OC)cc3)O[C@H]2C1. The van der Waals surface area contributed by atoms with Gasteiger partial charge in [-0.3, -0.25) is 14.3 Å². The highest BCUT2D eigenvalue weighted by Gasteiger charge is 2.55. The van der Waals surface area contributed by atoms with Gasteiger partial charge in [0.15, 0.2) is 0 Å². The summed E-state index contributed by atoms with van der Waals surface area (Å²) in [4.78, 5) is 27.9. The summed E-state index contributed by atoms with van der Waals surface area (Å²) in [5, 5.41) is 0. The summed E-state index contributed by atoms with van der Waals surface area (Å²) >= 11 is 7.92. The number of rotatable bonds is 12. The van der Waals surface area contributed by atoms with Crippen LogP contribution in [0.4, 0.5) is 0 Å². The first kappa shape index (κ1) is 38.8. The van der Waals surface area contributed by atoms with Gasteiger partial charge in [0.05, 0.1) is 33.0 Å². The molecule has 7 rings (SSSR count). The van der Waals surface area contributed by atoms with Gasteiger partial charge in [-0.15, -0.1) is 0 Å². The monoisotopic (exact) mass is 790 g/mol. The predicted molar refractivity (Wildman–Crippen MR) is 215 cm³/mol. The molecule has 7 atom stereocenters. The largest absolute Gasteiger partial charge is 0.497 e. The maximum atomic E-state index is 13.2.